The summed E-state index contributed by atoms with van der Waals surface area (Å²) >= 11 is 0. The molecular weight excluding hydrogens is 210 g/mol. The molecule has 1 heterocycles. The fraction of sp³-hybridized carbons (Fsp3) is 0.0909. The van der Waals surface area contributed by atoms with Gasteiger partial charge in [-0.05, 0) is 24.3 Å². The summed E-state index contributed by atoms with van der Waals surface area (Å²) in [5.41, 5.74) is 0.551. The molecule has 16 heavy (non-hydrogen) atoms. The molecule has 0 fully saturated rings. The molecule has 0 amide bonds. The number of oxazole rings is 1. The molecule has 0 unspecified atom stereocenters. The normalized spacial score (nSPS) is 10.1. The van der Waals surface area contributed by atoms with Crippen LogP contribution < -0.4 is 4.74 Å². The van der Waals surface area contributed by atoms with Gasteiger partial charge in [-0.2, -0.15) is 0 Å². The molecule has 0 aliphatic carbocycles. The van der Waals surface area contributed by atoms with E-state index in [4.69, 9.17) is 9.15 Å². The molecular formula is C11H9NO4. The van der Waals surface area contributed by atoms with Gasteiger partial charge in [0.2, 0.25) is 5.89 Å². The number of aromatic hydroxyl groups is 1. The van der Waals surface area contributed by atoms with Crippen molar-refractivity contribution in [2.24, 2.45) is 0 Å². The Labute approximate surface area is 91.3 Å². The Bertz CT molecular complexity index is 501. The van der Waals surface area contributed by atoms with Crippen molar-refractivity contribution in [1.29, 1.82) is 0 Å². The first-order valence-electron chi connectivity index (χ1n) is 4.54. The third-order valence-electron chi connectivity index (χ3n) is 2.08. The maximum Gasteiger partial charge on any atom is 0.314 e. The zero-order valence-electron chi connectivity index (χ0n) is 8.51. The van der Waals surface area contributed by atoms with Gasteiger partial charge in [-0.15, -0.1) is 0 Å². The molecule has 0 bridgehead atoms. The minimum Gasteiger partial charge on any atom is -0.497 e. The Morgan fingerprint density at radius 1 is 1.38 bits per heavy atom. The zero-order valence-corrected chi connectivity index (χ0v) is 8.51. The van der Waals surface area contributed by atoms with E-state index in [2.05, 4.69) is 4.98 Å². The minimum atomic E-state index is -0.471. The number of hydrogen-bond donors (Lipinski definition) is 1. The molecule has 0 spiro atoms. The van der Waals surface area contributed by atoms with E-state index in [1.807, 2.05) is 0 Å². The van der Waals surface area contributed by atoms with E-state index < -0.39 is 5.95 Å². The molecule has 82 valence electrons. The number of aromatic nitrogens is 1. The summed E-state index contributed by atoms with van der Waals surface area (Å²) in [7, 11) is 1.57. The summed E-state index contributed by atoms with van der Waals surface area (Å²) in [6.07, 6.45) is 0.436. The van der Waals surface area contributed by atoms with Gasteiger partial charge < -0.3 is 14.3 Å². The highest BCUT2D eigenvalue weighted by Gasteiger charge is 2.12. The van der Waals surface area contributed by atoms with Crippen LogP contribution in [0.5, 0.6) is 11.7 Å². The van der Waals surface area contributed by atoms with Crippen molar-refractivity contribution >= 4 is 6.29 Å². The first-order valence-corrected chi connectivity index (χ1v) is 4.54. The standard InChI is InChI=1S/C11H9NO4/c1-15-8-4-2-7(3-5-8)10-12-9(6-13)11(14)16-10/h2-6,14H,1H3. The lowest BCUT2D eigenvalue weighted by Crippen LogP contribution is -1.83. The maximum atomic E-state index is 10.5. The fourth-order valence-corrected chi connectivity index (χ4v) is 1.26. The van der Waals surface area contributed by atoms with Gasteiger partial charge in [0.05, 0.1) is 7.11 Å². The van der Waals surface area contributed by atoms with E-state index in [1.54, 1.807) is 31.4 Å². The van der Waals surface area contributed by atoms with Crippen molar-refractivity contribution < 1.29 is 19.1 Å². The Hall–Kier alpha value is -2.30. The number of hydrogen-bond acceptors (Lipinski definition) is 5. The Balaban J connectivity index is 2.38. The minimum absolute atomic E-state index is 0.106. The molecule has 0 aliphatic heterocycles. The monoisotopic (exact) mass is 219 g/mol. The molecule has 1 aromatic heterocycles. The van der Waals surface area contributed by atoms with Crippen LogP contribution in [0.25, 0.3) is 11.5 Å². The summed E-state index contributed by atoms with van der Waals surface area (Å²) in [6.45, 7) is 0. The van der Waals surface area contributed by atoms with Crippen LogP contribution in [0.3, 0.4) is 0 Å². The molecule has 5 nitrogen and oxygen atoms in total. The van der Waals surface area contributed by atoms with Crippen LogP contribution in [0.2, 0.25) is 0 Å². The van der Waals surface area contributed by atoms with Gasteiger partial charge in [0, 0.05) is 5.56 Å². The van der Waals surface area contributed by atoms with Crippen LogP contribution in [0.1, 0.15) is 10.5 Å². The molecule has 0 aliphatic rings. The summed E-state index contributed by atoms with van der Waals surface area (Å²) in [6, 6.07) is 6.91. The molecule has 1 N–H and O–H groups in total. The molecule has 1 aromatic carbocycles. The summed E-state index contributed by atoms with van der Waals surface area (Å²) in [4.78, 5) is 14.3. The van der Waals surface area contributed by atoms with Crippen molar-refractivity contribution in [3.05, 3.63) is 30.0 Å². The molecule has 5 heteroatoms. The zero-order chi connectivity index (χ0) is 11.5. The van der Waals surface area contributed by atoms with Crippen LogP contribution in [-0.4, -0.2) is 23.5 Å². The average Bonchev–Trinajstić information content (AvgIpc) is 2.71. The van der Waals surface area contributed by atoms with Crippen LogP contribution in [0.15, 0.2) is 28.7 Å². The second-order valence-electron chi connectivity index (χ2n) is 3.06. The number of aldehydes is 1. The first kappa shape index (κ1) is 10.2. The van der Waals surface area contributed by atoms with E-state index in [9.17, 15) is 9.90 Å². The molecule has 0 saturated carbocycles. The van der Waals surface area contributed by atoms with Crippen molar-refractivity contribution in [1.82, 2.24) is 4.98 Å². The molecule has 0 atom stereocenters. The van der Waals surface area contributed by atoms with Gasteiger partial charge in [-0.3, -0.25) is 4.79 Å². The summed E-state index contributed by atoms with van der Waals surface area (Å²) in [5.74, 6) is 0.429. The van der Waals surface area contributed by atoms with Crippen molar-refractivity contribution in [2.75, 3.05) is 7.11 Å². The van der Waals surface area contributed by atoms with Crippen LogP contribution >= 0.6 is 0 Å². The highest BCUT2D eigenvalue weighted by molar-refractivity contribution is 5.76. The van der Waals surface area contributed by atoms with Crippen molar-refractivity contribution in [2.45, 2.75) is 0 Å². The second kappa shape index (κ2) is 4.06. The van der Waals surface area contributed by atoms with Crippen LogP contribution in [0, 0.1) is 0 Å². The molecule has 2 rings (SSSR count). The lowest BCUT2D eigenvalue weighted by molar-refractivity contribution is 0.111. The maximum absolute atomic E-state index is 10.5. The van der Waals surface area contributed by atoms with E-state index in [0.29, 0.717) is 17.6 Å². The fourth-order valence-electron chi connectivity index (χ4n) is 1.26. The van der Waals surface area contributed by atoms with E-state index in [1.165, 1.54) is 0 Å². The number of carbonyl (C=O) groups excluding carboxylic acids is 1. The van der Waals surface area contributed by atoms with E-state index >= 15 is 0 Å². The Kier molecular flexibility index (Phi) is 2.59. The SMILES string of the molecule is COc1ccc(-c2nc(C=O)c(O)o2)cc1. The van der Waals surface area contributed by atoms with Gasteiger partial charge in [-0.25, -0.2) is 4.98 Å². The van der Waals surface area contributed by atoms with Gasteiger partial charge in [0.1, 0.15) is 5.75 Å². The number of carbonyl (C=O) groups is 1. The van der Waals surface area contributed by atoms with Crippen LogP contribution in [0.4, 0.5) is 0 Å². The third-order valence-corrected chi connectivity index (χ3v) is 2.08. The van der Waals surface area contributed by atoms with Gasteiger partial charge >= 0.3 is 5.95 Å². The first-order chi connectivity index (χ1) is 7.74. The number of benzene rings is 1. The van der Waals surface area contributed by atoms with Crippen molar-refractivity contribution in [3.8, 4) is 23.1 Å². The lowest BCUT2D eigenvalue weighted by atomic mass is 10.2. The third kappa shape index (κ3) is 1.75. The topological polar surface area (TPSA) is 72.6 Å². The quantitative estimate of drug-likeness (QED) is 0.797. The molecule has 0 radical (unpaired) electrons. The highest BCUT2D eigenvalue weighted by atomic mass is 16.5. The van der Waals surface area contributed by atoms with Crippen LogP contribution in [-0.2, 0) is 0 Å². The number of methoxy groups -OCH3 is 1. The number of nitrogens with zero attached hydrogens (tertiary/aromatic N) is 1. The molecule has 2 aromatic rings. The Morgan fingerprint density at radius 2 is 2.06 bits per heavy atom. The van der Waals surface area contributed by atoms with E-state index in [-0.39, 0.29) is 11.6 Å². The van der Waals surface area contributed by atoms with Crippen molar-refractivity contribution in [3.63, 3.8) is 0 Å². The van der Waals surface area contributed by atoms with Gasteiger partial charge in [0.15, 0.2) is 12.0 Å². The average molecular weight is 219 g/mol. The second-order valence-corrected chi connectivity index (χ2v) is 3.06. The van der Waals surface area contributed by atoms with E-state index in [0.717, 1.165) is 0 Å². The molecule has 0 saturated heterocycles. The predicted molar refractivity (Wildman–Crippen MR) is 55.5 cm³/mol. The van der Waals surface area contributed by atoms with Gasteiger partial charge in [-0.1, -0.05) is 0 Å². The van der Waals surface area contributed by atoms with Gasteiger partial charge in [0.25, 0.3) is 0 Å². The number of rotatable bonds is 3. The summed E-state index contributed by atoms with van der Waals surface area (Å²) in [5, 5.41) is 9.21. The predicted octanol–water partition coefficient (Wildman–Crippen LogP) is 1.87. The summed E-state index contributed by atoms with van der Waals surface area (Å²) < 4.78 is 9.94. The lowest BCUT2D eigenvalue weighted by Gasteiger charge is -1.99. The largest absolute Gasteiger partial charge is 0.497 e. The highest BCUT2D eigenvalue weighted by Crippen LogP contribution is 2.26. The Morgan fingerprint density at radius 3 is 2.56 bits per heavy atom. The smallest absolute Gasteiger partial charge is 0.314 e. The number of ether oxygens (including phenoxy) is 1.